The van der Waals surface area contributed by atoms with Crippen molar-refractivity contribution in [1.29, 1.82) is 0 Å². The topological polar surface area (TPSA) is 41.1 Å². The lowest BCUT2D eigenvalue weighted by Crippen LogP contribution is -2.34. The van der Waals surface area contributed by atoms with Crippen molar-refractivity contribution >= 4 is 27.7 Å². The molecule has 1 atom stereocenters. The van der Waals surface area contributed by atoms with E-state index >= 15 is 0 Å². The summed E-state index contributed by atoms with van der Waals surface area (Å²) in [6, 6.07) is 0.479. The summed E-state index contributed by atoms with van der Waals surface area (Å²) in [4.78, 5) is 11.1. The summed E-state index contributed by atoms with van der Waals surface area (Å²) < 4.78 is 0.956. The van der Waals surface area contributed by atoms with Gasteiger partial charge in [-0.1, -0.05) is 20.3 Å². The molecule has 102 valence electrons. The number of rotatable bonds is 7. The lowest BCUT2D eigenvalue weighted by molar-refractivity contribution is 0.588. The number of nitrogens with one attached hydrogen (secondary N) is 1. The maximum absolute atomic E-state index is 4.57. The van der Waals surface area contributed by atoms with Gasteiger partial charge < -0.3 is 10.2 Å². The van der Waals surface area contributed by atoms with E-state index in [0.29, 0.717) is 12.0 Å². The van der Waals surface area contributed by atoms with Crippen molar-refractivity contribution in [2.24, 2.45) is 0 Å². The van der Waals surface area contributed by atoms with Crippen molar-refractivity contribution in [3.05, 3.63) is 10.7 Å². The molecule has 0 amide bonds. The van der Waals surface area contributed by atoms with E-state index in [1.807, 2.05) is 13.2 Å². The van der Waals surface area contributed by atoms with Gasteiger partial charge in [0.25, 0.3) is 0 Å². The molecule has 1 heterocycles. The molecule has 5 heteroatoms. The van der Waals surface area contributed by atoms with Gasteiger partial charge >= 0.3 is 0 Å². The molecule has 0 spiro atoms. The minimum Gasteiger partial charge on any atom is -0.357 e. The summed E-state index contributed by atoms with van der Waals surface area (Å²) in [5.41, 5.74) is 0. The van der Waals surface area contributed by atoms with Crippen molar-refractivity contribution < 1.29 is 0 Å². The average Bonchev–Trinajstić information content (AvgIpc) is 2.40. The molecule has 0 fully saturated rings. The Kier molecular flexibility index (Phi) is 6.39. The minimum absolute atomic E-state index is 0.479. The summed E-state index contributed by atoms with van der Waals surface area (Å²) >= 11 is 3.56. The summed E-state index contributed by atoms with van der Waals surface area (Å²) in [6.07, 6.45) is 5.29. The van der Waals surface area contributed by atoms with Crippen LogP contribution in [0.2, 0.25) is 0 Å². The van der Waals surface area contributed by atoms with Gasteiger partial charge in [0, 0.05) is 25.8 Å². The highest BCUT2D eigenvalue weighted by molar-refractivity contribution is 9.10. The van der Waals surface area contributed by atoms with Crippen LogP contribution in [-0.4, -0.2) is 29.6 Å². The van der Waals surface area contributed by atoms with Crippen LogP contribution in [0.1, 0.15) is 40.0 Å². The Balaban J connectivity index is 3.02. The van der Waals surface area contributed by atoms with Gasteiger partial charge in [0.2, 0.25) is 5.95 Å². The predicted molar refractivity (Wildman–Crippen MR) is 81.3 cm³/mol. The molecule has 4 nitrogen and oxygen atoms in total. The fraction of sp³-hybridized carbons (Fsp3) is 0.692. The first-order chi connectivity index (χ1) is 8.63. The fourth-order valence-electron chi connectivity index (χ4n) is 1.76. The van der Waals surface area contributed by atoms with Gasteiger partial charge in [0.1, 0.15) is 5.82 Å². The molecule has 0 bridgehead atoms. The Hall–Kier alpha value is -0.840. The van der Waals surface area contributed by atoms with Crippen LogP contribution >= 0.6 is 15.9 Å². The summed E-state index contributed by atoms with van der Waals surface area (Å²) in [5, 5.41) is 2.99. The molecule has 18 heavy (non-hydrogen) atoms. The van der Waals surface area contributed by atoms with Crippen LogP contribution in [-0.2, 0) is 0 Å². The third-order valence-corrected chi connectivity index (χ3v) is 3.66. The van der Waals surface area contributed by atoms with Crippen LogP contribution in [0, 0.1) is 0 Å². The fourth-order valence-corrected chi connectivity index (χ4v) is 2.18. The number of unbranched alkanes of at least 4 members (excludes halogenated alkanes) is 1. The van der Waals surface area contributed by atoms with E-state index in [0.717, 1.165) is 23.3 Å². The molecule has 1 unspecified atom stereocenters. The van der Waals surface area contributed by atoms with E-state index in [2.05, 4.69) is 56.9 Å². The maximum Gasteiger partial charge on any atom is 0.224 e. The van der Waals surface area contributed by atoms with Gasteiger partial charge in [0.15, 0.2) is 0 Å². The maximum atomic E-state index is 4.57. The van der Waals surface area contributed by atoms with Crippen LogP contribution in [0.15, 0.2) is 10.7 Å². The molecule has 0 aliphatic rings. The summed E-state index contributed by atoms with van der Waals surface area (Å²) in [7, 11) is 1.84. The molecule has 0 saturated heterocycles. The molecule has 0 saturated carbocycles. The van der Waals surface area contributed by atoms with Crippen LogP contribution in [0.4, 0.5) is 11.8 Å². The zero-order valence-corrected chi connectivity index (χ0v) is 13.3. The number of anilines is 2. The molecule has 0 aromatic carbocycles. The lowest BCUT2D eigenvalue weighted by Gasteiger charge is -2.30. The van der Waals surface area contributed by atoms with E-state index in [1.54, 1.807) is 0 Å². The van der Waals surface area contributed by atoms with Crippen LogP contribution < -0.4 is 10.2 Å². The minimum atomic E-state index is 0.479. The van der Waals surface area contributed by atoms with Gasteiger partial charge in [0.05, 0.1) is 4.47 Å². The van der Waals surface area contributed by atoms with Gasteiger partial charge in [-0.25, -0.2) is 4.98 Å². The molecule has 0 aliphatic carbocycles. The average molecular weight is 315 g/mol. The number of nitrogens with zero attached hydrogens (tertiary/aromatic N) is 3. The molecular formula is C13H23BrN4. The molecule has 1 aromatic rings. The second-order valence-electron chi connectivity index (χ2n) is 4.42. The van der Waals surface area contributed by atoms with E-state index in [-0.39, 0.29) is 0 Å². The van der Waals surface area contributed by atoms with Crippen molar-refractivity contribution in [1.82, 2.24) is 9.97 Å². The van der Waals surface area contributed by atoms with Gasteiger partial charge in [-0.2, -0.15) is 4.98 Å². The molecule has 0 aliphatic heterocycles. The first-order valence-corrected chi connectivity index (χ1v) is 7.40. The van der Waals surface area contributed by atoms with Crippen molar-refractivity contribution in [3.63, 3.8) is 0 Å². The van der Waals surface area contributed by atoms with Crippen molar-refractivity contribution in [2.75, 3.05) is 23.8 Å². The Morgan fingerprint density at radius 3 is 2.72 bits per heavy atom. The predicted octanol–water partition coefficient (Wildman–Crippen LogP) is 3.69. The van der Waals surface area contributed by atoms with Crippen LogP contribution in [0.5, 0.6) is 0 Å². The quantitative estimate of drug-likeness (QED) is 0.833. The third kappa shape index (κ3) is 3.83. The van der Waals surface area contributed by atoms with E-state index < -0.39 is 0 Å². The highest BCUT2D eigenvalue weighted by atomic mass is 79.9. The molecule has 1 rings (SSSR count). The van der Waals surface area contributed by atoms with Crippen LogP contribution in [0.3, 0.4) is 0 Å². The number of aromatic nitrogens is 2. The van der Waals surface area contributed by atoms with Crippen molar-refractivity contribution in [2.45, 2.75) is 46.1 Å². The first-order valence-electron chi connectivity index (χ1n) is 6.60. The van der Waals surface area contributed by atoms with Gasteiger partial charge in [-0.05, 0) is 35.7 Å². The highest BCUT2D eigenvalue weighted by Crippen LogP contribution is 2.27. The van der Waals surface area contributed by atoms with Crippen LogP contribution in [0.25, 0.3) is 0 Å². The molecule has 1 aromatic heterocycles. The monoisotopic (exact) mass is 314 g/mol. The van der Waals surface area contributed by atoms with Gasteiger partial charge in [-0.15, -0.1) is 0 Å². The second-order valence-corrected chi connectivity index (χ2v) is 5.27. The number of halogens is 1. The first kappa shape index (κ1) is 15.2. The normalized spacial score (nSPS) is 12.3. The third-order valence-electron chi connectivity index (χ3n) is 3.10. The summed E-state index contributed by atoms with van der Waals surface area (Å²) in [6.45, 7) is 7.69. The summed E-state index contributed by atoms with van der Waals surface area (Å²) in [5.74, 6) is 1.65. The van der Waals surface area contributed by atoms with E-state index in [4.69, 9.17) is 0 Å². The zero-order chi connectivity index (χ0) is 13.5. The Bertz CT molecular complexity index is 370. The van der Waals surface area contributed by atoms with E-state index in [1.165, 1.54) is 12.8 Å². The smallest absolute Gasteiger partial charge is 0.224 e. The van der Waals surface area contributed by atoms with Gasteiger partial charge in [-0.3, -0.25) is 0 Å². The number of hydrogen-bond donors (Lipinski definition) is 1. The molecule has 1 N–H and O–H groups in total. The Morgan fingerprint density at radius 1 is 1.44 bits per heavy atom. The van der Waals surface area contributed by atoms with Crippen molar-refractivity contribution in [3.8, 4) is 0 Å². The largest absolute Gasteiger partial charge is 0.357 e. The van der Waals surface area contributed by atoms with E-state index in [9.17, 15) is 0 Å². The Morgan fingerprint density at radius 2 is 2.17 bits per heavy atom. The zero-order valence-electron chi connectivity index (χ0n) is 11.7. The number of hydrogen-bond acceptors (Lipinski definition) is 4. The molecule has 0 radical (unpaired) electrons. The Labute approximate surface area is 118 Å². The molecular weight excluding hydrogens is 292 g/mol. The lowest BCUT2D eigenvalue weighted by atomic mass is 10.2. The standard InChI is InChI=1S/C13H23BrN4/c1-5-7-8-18(10(3)6-2)12-11(14)9-16-13(15-4)17-12/h9-10H,5-8H2,1-4H3,(H,15,16,17). The SMILES string of the molecule is CCCCN(c1nc(NC)ncc1Br)C(C)CC. The second kappa shape index (κ2) is 7.56. The highest BCUT2D eigenvalue weighted by Gasteiger charge is 2.17.